The zero-order valence-corrected chi connectivity index (χ0v) is 17.9. The van der Waals surface area contributed by atoms with Gasteiger partial charge in [-0.15, -0.1) is 0 Å². The molecule has 0 bridgehead atoms. The minimum absolute atomic E-state index is 0.0502. The zero-order valence-electron chi connectivity index (χ0n) is 16.3. The van der Waals surface area contributed by atoms with Gasteiger partial charge < -0.3 is 0 Å². The van der Waals surface area contributed by atoms with Gasteiger partial charge in [-0.25, -0.2) is 8.42 Å². The Balaban J connectivity index is 2.80. The van der Waals surface area contributed by atoms with E-state index in [-0.39, 0.29) is 31.9 Å². The van der Waals surface area contributed by atoms with Crippen LogP contribution in [-0.4, -0.2) is 74.8 Å². The summed E-state index contributed by atoms with van der Waals surface area (Å²) in [6.07, 6.45) is 1.64. The number of rotatable bonds is 10. The maximum absolute atomic E-state index is 13.0. The van der Waals surface area contributed by atoms with E-state index < -0.39 is 20.2 Å². The van der Waals surface area contributed by atoms with Crippen LogP contribution in [-0.2, 0) is 20.2 Å². The average molecular weight is 398 g/mol. The molecule has 0 atom stereocenters. The Morgan fingerprint density at radius 2 is 1.20 bits per heavy atom. The second-order valence-corrected chi connectivity index (χ2v) is 11.7. The van der Waals surface area contributed by atoms with Gasteiger partial charge in [-0.05, 0) is 31.6 Å². The smallest absolute Gasteiger partial charge is 0.212 e. The highest BCUT2D eigenvalue weighted by molar-refractivity contribution is 7.89. The Morgan fingerprint density at radius 1 is 0.800 bits per heavy atom. The fourth-order valence-electron chi connectivity index (χ4n) is 2.67. The lowest BCUT2D eigenvalue weighted by molar-refractivity contribution is 0.249. The van der Waals surface area contributed by atoms with Crippen molar-refractivity contribution in [2.75, 3.05) is 45.0 Å². The molecule has 1 fully saturated rings. The topological polar surface area (TPSA) is 78.0 Å². The summed E-state index contributed by atoms with van der Waals surface area (Å²) in [6.45, 7) is 11.9. The van der Waals surface area contributed by atoms with Crippen molar-refractivity contribution in [1.82, 2.24) is 12.9 Å². The predicted molar refractivity (Wildman–Crippen MR) is 102 cm³/mol. The Labute approximate surface area is 154 Å². The summed E-state index contributed by atoms with van der Waals surface area (Å²) in [7, 11) is -6.80. The normalized spacial score (nSPS) is 18.6. The van der Waals surface area contributed by atoms with Gasteiger partial charge in [0, 0.05) is 39.3 Å². The molecule has 0 radical (unpaired) electrons. The highest BCUT2D eigenvalue weighted by Crippen LogP contribution is 2.17. The van der Waals surface area contributed by atoms with Crippen molar-refractivity contribution in [2.24, 2.45) is 11.8 Å². The number of hydrogen-bond donors (Lipinski definition) is 0. The lowest BCUT2D eigenvalue weighted by Gasteiger charge is -2.36. The van der Waals surface area contributed by atoms with Crippen LogP contribution in [0.2, 0.25) is 0 Å². The monoisotopic (exact) mass is 397 g/mol. The molecule has 0 aromatic rings. The van der Waals surface area contributed by atoms with Crippen molar-refractivity contribution >= 4 is 20.2 Å². The highest BCUT2D eigenvalue weighted by Gasteiger charge is 2.34. The molecule has 0 N–H and O–H groups in total. The van der Waals surface area contributed by atoms with Crippen molar-refractivity contribution in [3.63, 3.8) is 0 Å². The van der Waals surface area contributed by atoms with Gasteiger partial charge >= 0.3 is 0 Å². The van der Waals surface area contributed by atoms with E-state index in [0.717, 1.165) is 12.8 Å². The van der Waals surface area contributed by atoms with Crippen LogP contribution in [0.4, 0.5) is 0 Å². The second-order valence-electron chi connectivity index (χ2n) is 7.47. The fraction of sp³-hybridized carbons (Fsp3) is 1.00. The summed E-state index contributed by atoms with van der Waals surface area (Å²) < 4.78 is 54.3. The number of sulfonamides is 1. The largest absolute Gasteiger partial charge is 0.282 e. The van der Waals surface area contributed by atoms with Crippen LogP contribution in [0, 0.1) is 11.8 Å². The predicted octanol–water partition coefficient (Wildman–Crippen LogP) is 1.59. The average Bonchev–Trinajstić information content (AvgIpc) is 2.54. The summed E-state index contributed by atoms with van der Waals surface area (Å²) >= 11 is 0. The lowest BCUT2D eigenvalue weighted by Crippen LogP contribution is -2.54. The molecule has 0 saturated carbocycles. The van der Waals surface area contributed by atoms with Crippen molar-refractivity contribution in [3.05, 3.63) is 0 Å². The SMILES string of the molecule is CCS(=O)(=O)N1CCN(S(=O)(=O)N(CCC(C)C)CCC(C)C)CC1. The first-order chi connectivity index (χ1) is 11.5. The quantitative estimate of drug-likeness (QED) is 0.561. The van der Waals surface area contributed by atoms with Crippen molar-refractivity contribution in [1.29, 1.82) is 0 Å². The molecule has 0 spiro atoms. The third-order valence-corrected chi connectivity index (χ3v) is 8.44. The number of hydrogen-bond acceptors (Lipinski definition) is 4. The van der Waals surface area contributed by atoms with Gasteiger partial charge in [0.1, 0.15) is 0 Å². The highest BCUT2D eigenvalue weighted by atomic mass is 32.2. The molecule has 0 aromatic heterocycles. The zero-order chi connectivity index (χ0) is 19.3. The first-order valence-corrected chi connectivity index (χ1v) is 12.2. The van der Waals surface area contributed by atoms with Crippen LogP contribution < -0.4 is 0 Å². The Bertz CT molecular complexity index is 583. The van der Waals surface area contributed by atoms with E-state index in [9.17, 15) is 16.8 Å². The molecular formula is C16H35N3O4S2. The van der Waals surface area contributed by atoms with E-state index in [2.05, 4.69) is 27.7 Å². The molecule has 150 valence electrons. The van der Waals surface area contributed by atoms with Gasteiger partial charge in [0.15, 0.2) is 0 Å². The summed E-state index contributed by atoms with van der Waals surface area (Å²) in [5.41, 5.74) is 0. The molecule has 1 aliphatic heterocycles. The third-order valence-electron chi connectivity index (χ3n) is 4.52. The van der Waals surface area contributed by atoms with Crippen molar-refractivity contribution in [2.45, 2.75) is 47.5 Å². The van der Waals surface area contributed by atoms with Crippen LogP contribution in [0.25, 0.3) is 0 Å². The maximum Gasteiger partial charge on any atom is 0.282 e. The van der Waals surface area contributed by atoms with E-state index in [1.165, 1.54) is 8.61 Å². The fourth-order valence-corrected chi connectivity index (χ4v) is 5.38. The molecule has 1 heterocycles. The van der Waals surface area contributed by atoms with Crippen LogP contribution in [0.5, 0.6) is 0 Å². The van der Waals surface area contributed by atoms with Crippen LogP contribution in [0.1, 0.15) is 47.5 Å². The molecule has 0 aromatic carbocycles. The molecular weight excluding hydrogens is 362 g/mol. The van der Waals surface area contributed by atoms with Crippen molar-refractivity contribution < 1.29 is 16.8 Å². The van der Waals surface area contributed by atoms with Gasteiger partial charge in [-0.2, -0.15) is 21.3 Å². The van der Waals surface area contributed by atoms with Crippen LogP contribution in [0.3, 0.4) is 0 Å². The van der Waals surface area contributed by atoms with E-state index >= 15 is 0 Å². The van der Waals surface area contributed by atoms with E-state index in [1.807, 2.05) is 0 Å². The maximum atomic E-state index is 13.0. The molecule has 1 rings (SSSR count). The van der Waals surface area contributed by atoms with Gasteiger partial charge in [0.05, 0.1) is 5.75 Å². The minimum atomic E-state index is -3.55. The summed E-state index contributed by atoms with van der Waals surface area (Å²) in [5, 5.41) is 0. The summed E-state index contributed by atoms with van der Waals surface area (Å²) in [5.74, 6) is 0.917. The molecule has 0 aliphatic carbocycles. The standard InChI is InChI=1S/C16H35N3O4S2/c1-6-24(20,21)17-11-13-19(14-12-17)25(22,23)18(9-7-15(2)3)10-8-16(4)5/h15-16H,6-14H2,1-5H3. The Kier molecular flexibility index (Phi) is 8.80. The second kappa shape index (κ2) is 9.64. The van der Waals surface area contributed by atoms with E-state index in [1.54, 1.807) is 11.2 Å². The molecule has 25 heavy (non-hydrogen) atoms. The first-order valence-electron chi connectivity index (χ1n) is 9.23. The van der Waals surface area contributed by atoms with E-state index in [0.29, 0.717) is 24.9 Å². The molecule has 0 unspecified atom stereocenters. The Morgan fingerprint density at radius 3 is 1.56 bits per heavy atom. The van der Waals surface area contributed by atoms with Crippen molar-refractivity contribution in [3.8, 4) is 0 Å². The van der Waals surface area contributed by atoms with Crippen LogP contribution >= 0.6 is 0 Å². The number of piperazine rings is 1. The molecule has 9 heteroatoms. The lowest BCUT2D eigenvalue weighted by atomic mass is 10.1. The van der Waals surface area contributed by atoms with E-state index in [4.69, 9.17) is 0 Å². The summed E-state index contributed by atoms with van der Waals surface area (Å²) in [6, 6.07) is 0. The molecule has 7 nitrogen and oxygen atoms in total. The van der Waals surface area contributed by atoms with Crippen LogP contribution in [0.15, 0.2) is 0 Å². The Hall–Kier alpha value is -0.220. The summed E-state index contributed by atoms with van der Waals surface area (Å²) in [4.78, 5) is 0. The minimum Gasteiger partial charge on any atom is -0.212 e. The van der Waals surface area contributed by atoms with Gasteiger partial charge in [-0.1, -0.05) is 27.7 Å². The first kappa shape index (κ1) is 22.8. The van der Waals surface area contributed by atoms with Gasteiger partial charge in [-0.3, -0.25) is 0 Å². The molecule has 0 amide bonds. The molecule has 1 saturated heterocycles. The van der Waals surface area contributed by atoms with Gasteiger partial charge in [0.25, 0.3) is 10.2 Å². The molecule has 1 aliphatic rings. The number of nitrogens with zero attached hydrogens (tertiary/aromatic N) is 3. The third kappa shape index (κ3) is 6.78. The van der Waals surface area contributed by atoms with Gasteiger partial charge in [0.2, 0.25) is 10.0 Å².